The van der Waals surface area contributed by atoms with Crippen LogP contribution in [0.3, 0.4) is 0 Å². The van der Waals surface area contributed by atoms with Gasteiger partial charge in [0.05, 0.1) is 36.2 Å². The highest BCUT2D eigenvalue weighted by Gasteiger charge is 2.33. The largest absolute Gasteiger partial charge is 0.458 e. The topological polar surface area (TPSA) is 134 Å². The second-order valence-corrected chi connectivity index (χ2v) is 9.15. The quantitative estimate of drug-likeness (QED) is 0.307. The smallest absolute Gasteiger partial charge is 0.414 e. The standard InChI is InChI=1S/C27H22FN7O5/c28-23-10-19(35-15-21(39-27(35)37)14-34-9-8-31-33-34)4-5-22(23)17-3-6-24(30-13-17)25-11-20(40-32-25)16-38-26(36)18-2-1-7-29-12-18/h1-10,12-13,20-21H,11,14-16H2. The van der Waals surface area contributed by atoms with E-state index in [4.69, 9.17) is 14.3 Å². The van der Waals surface area contributed by atoms with Crippen molar-refractivity contribution in [1.82, 2.24) is 25.0 Å². The molecule has 2 unspecified atom stereocenters. The van der Waals surface area contributed by atoms with Crippen molar-refractivity contribution in [3.05, 3.63) is 90.5 Å². The third-order valence-corrected chi connectivity index (χ3v) is 6.40. The molecule has 1 amide bonds. The van der Waals surface area contributed by atoms with Crippen LogP contribution in [0.2, 0.25) is 0 Å². The summed E-state index contributed by atoms with van der Waals surface area (Å²) in [5.41, 5.74) is 2.80. The normalized spacial score (nSPS) is 18.3. The number of rotatable bonds is 8. The maximum Gasteiger partial charge on any atom is 0.414 e. The molecule has 0 spiro atoms. The van der Waals surface area contributed by atoms with E-state index in [1.54, 1.807) is 65.9 Å². The molecule has 0 bridgehead atoms. The number of anilines is 1. The Morgan fingerprint density at radius 3 is 2.80 bits per heavy atom. The molecule has 0 N–H and O–H groups in total. The van der Waals surface area contributed by atoms with Gasteiger partial charge in [0.2, 0.25) is 0 Å². The van der Waals surface area contributed by atoms with Crippen molar-refractivity contribution >= 4 is 23.5 Å². The number of amides is 1. The van der Waals surface area contributed by atoms with Gasteiger partial charge in [0.15, 0.2) is 6.10 Å². The number of cyclic esters (lactones) is 1. The number of carbonyl (C=O) groups excluding carboxylic acids is 2. The lowest BCUT2D eigenvalue weighted by molar-refractivity contribution is 0.00683. The highest BCUT2D eigenvalue weighted by molar-refractivity contribution is 6.00. The minimum Gasteiger partial charge on any atom is -0.458 e. The maximum atomic E-state index is 15.1. The lowest BCUT2D eigenvalue weighted by Gasteiger charge is -2.14. The second kappa shape index (κ2) is 10.9. The van der Waals surface area contributed by atoms with E-state index in [1.165, 1.54) is 17.2 Å². The first-order valence-electron chi connectivity index (χ1n) is 12.4. The van der Waals surface area contributed by atoms with Crippen LogP contribution in [-0.4, -0.2) is 68.1 Å². The number of ether oxygens (including phenoxy) is 2. The zero-order valence-corrected chi connectivity index (χ0v) is 21.0. The Balaban J connectivity index is 1.06. The summed E-state index contributed by atoms with van der Waals surface area (Å²) in [5.74, 6) is -0.995. The van der Waals surface area contributed by atoms with Crippen LogP contribution in [0.1, 0.15) is 22.5 Å². The second-order valence-electron chi connectivity index (χ2n) is 9.15. The predicted octanol–water partition coefficient (Wildman–Crippen LogP) is 3.25. The Morgan fingerprint density at radius 1 is 1.12 bits per heavy atom. The van der Waals surface area contributed by atoms with Gasteiger partial charge in [-0.1, -0.05) is 16.4 Å². The van der Waals surface area contributed by atoms with Gasteiger partial charge in [-0.2, -0.15) is 0 Å². The van der Waals surface area contributed by atoms with Crippen molar-refractivity contribution in [3.8, 4) is 11.1 Å². The Bertz CT molecular complexity index is 1550. The van der Waals surface area contributed by atoms with Gasteiger partial charge in [-0.25, -0.2) is 18.7 Å². The first-order valence-corrected chi connectivity index (χ1v) is 12.4. The molecule has 2 aliphatic heterocycles. The summed E-state index contributed by atoms with van der Waals surface area (Å²) in [4.78, 5) is 39.6. The van der Waals surface area contributed by atoms with Crippen LogP contribution in [0.25, 0.3) is 11.1 Å². The van der Waals surface area contributed by atoms with E-state index in [0.29, 0.717) is 46.7 Å². The van der Waals surface area contributed by atoms with Gasteiger partial charge in [-0.3, -0.25) is 14.9 Å². The Morgan fingerprint density at radius 2 is 2.05 bits per heavy atom. The molecule has 40 heavy (non-hydrogen) atoms. The molecule has 4 aromatic rings. The molecular weight excluding hydrogens is 521 g/mol. The van der Waals surface area contributed by atoms with Gasteiger partial charge >= 0.3 is 12.1 Å². The van der Waals surface area contributed by atoms with Crippen molar-refractivity contribution < 1.29 is 28.3 Å². The van der Waals surface area contributed by atoms with Crippen LogP contribution in [0.4, 0.5) is 14.9 Å². The molecule has 1 saturated heterocycles. The van der Waals surface area contributed by atoms with E-state index in [-0.39, 0.29) is 13.2 Å². The fraction of sp³-hybridized carbons (Fsp3) is 0.222. The van der Waals surface area contributed by atoms with Crippen molar-refractivity contribution in [3.63, 3.8) is 0 Å². The first kappa shape index (κ1) is 25.1. The molecule has 12 nitrogen and oxygen atoms in total. The number of benzene rings is 1. The number of halogens is 1. The summed E-state index contributed by atoms with van der Waals surface area (Å²) >= 11 is 0. The van der Waals surface area contributed by atoms with E-state index in [0.717, 1.165) is 0 Å². The molecule has 0 radical (unpaired) electrons. The van der Waals surface area contributed by atoms with Crippen LogP contribution in [-0.2, 0) is 20.9 Å². The van der Waals surface area contributed by atoms with Gasteiger partial charge in [0.1, 0.15) is 24.2 Å². The SMILES string of the molecule is O=C(OCC1CC(c2ccc(-c3ccc(N4CC(Cn5ccnn5)OC4=O)cc3F)cn2)=NO1)c1cccnc1. The number of oxime groups is 1. The minimum atomic E-state index is -0.548. The third-order valence-electron chi connectivity index (χ3n) is 6.40. The maximum absolute atomic E-state index is 15.1. The van der Waals surface area contributed by atoms with Crippen LogP contribution in [0.15, 0.2) is 78.6 Å². The van der Waals surface area contributed by atoms with Crippen LogP contribution >= 0.6 is 0 Å². The van der Waals surface area contributed by atoms with Crippen molar-refractivity contribution in [2.24, 2.45) is 5.16 Å². The van der Waals surface area contributed by atoms with Crippen molar-refractivity contribution in [1.29, 1.82) is 0 Å². The summed E-state index contributed by atoms with van der Waals surface area (Å²) in [6.45, 7) is 0.651. The fourth-order valence-electron chi connectivity index (χ4n) is 4.40. The molecule has 202 valence electrons. The summed E-state index contributed by atoms with van der Waals surface area (Å²) < 4.78 is 27.4. The third kappa shape index (κ3) is 5.34. The first-order chi connectivity index (χ1) is 19.5. The molecule has 1 aromatic carbocycles. The molecular formula is C27H22FN7O5. The lowest BCUT2D eigenvalue weighted by Crippen LogP contribution is -2.26. The van der Waals surface area contributed by atoms with Crippen LogP contribution < -0.4 is 4.90 Å². The highest BCUT2D eigenvalue weighted by atomic mass is 19.1. The number of esters is 1. The van der Waals surface area contributed by atoms with Crippen LogP contribution in [0.5, 0.6) is 0 Å². The van der Waals surface area contributed by atoms with E-state index >= 15 is 4.39 Å². The van der Waals surface area contributed by atoms with E-state index in [2.05, 4.69) is 25.4 Å². The van der Waals surface area contributed by atoms with Gasteiger partial charge in [0, 0.05) is 42.3 Å². The molecule has 2 aliphatic rings. The minimum absolute atomic E-state index is 0.0299. The Labute approximate surface area is 227 Å². The zero-order valence-electron chi connectivity index (χ0n) is 21.0. The summed E-state index contributed by atoms with van der Waals surface area (Å²) in [5, 5.41) is 11.7. The van der Waals surface area contributed by atoms with Gasteiger partial charge < -0.3 is 14.3 Å². The molecule has 3 aromatic heterocycles. The van der Waals surface area contributed by atoms with Crippen LogP contribution in [0, 0.1) is 5.82 Å². The number of carbonyl (C=O) groups is 2. The summed E-state index contributed by atoms with van der Waals surface area (Å²) in [6, 6.07) is 11.3. The number of nitrogens with zero attached hydrogens (tertiary/aromatic N) is 7. The highest BCUT2D eigenvalue weighted by Crippen LogP contribution is 2.29. The lowest BCUT2D eigenvalue weighted by atomic mass is 10.0. The van der Waals surface area contributed by atoms with E-state index in [1.807, 2.05) is 0 Å². The van der Waals surface area contributed by atoms with Gasteiger partial charge in [-0.15, -0.1) is 5.10 Å². The number of aromatic nitrogens is 5. The fourth-order valence-corrected chi connectivity index (χ4v) is 4.40. The summed E-state index contributed by atoms with van der Waals surface area (Å²) in [7, 11) is 0. The molecule has 0 saturated carbocycles. The Hall–Kier alpha value is -5.20. The van der Waals surface area contributed by atoms with Crippen molar-refractivity contribution in [2.45, 2.75) is 25.2 Å². The average molecular weight is 544 g/mol. The molecule has 0 aliphatic carbocycles. The van der Waals surface area contributed by atoms with Crippen molar-refractivity contribution in [2.75, 3.05) is 18.1 Å². The van der Waals surface area contributed by atoms with Gasteiger partial charge in [0.25, 0.3) is 0 Å². The molecule has 1 fully saturated rings. The predicted molar refractivity (Wildman–Crippen MR) is 138 cm³/mol. The monoisotopic (exact) mass is 543 g/mol. The van der Waals surface area contributed by atoms with Gasteiger partial charge in [-0.05, 0) is 36.4 Å². The average Bonchev–Trinajstić information content (AvgIpc) is 3.74. The van der Waals surface area contributed by atoms with E-state index < -0.39 is 30.1 Å². The number of pyridine rings is 2. The number of hydrogen-bond donors (Lipinski definition) is 0. The Kier molecular flexibility index (Phi) is 6.83. The molecule has 13 heteroatoms. The summed E-state index contributed by atoms with van der Waals surface area (Å²) in [6.07, 6.45) is 6.76. The number of hydrogen-bond acceptors (Lipinski definition) is 10. The zero-order chi connectivity index (χ0) is 27.5. The van der Waals surface area contributed by atoms with E-state index in [9.17, 15) is 9.59 Å². The molecule has 5 heterocycles. The molecule has 2 atom stereocenters. The molecule has 6 rings (SSSR count).